The maximum absolute atomic E-state index is 12.1. The fourth-order valence-corrected chi connectivity index (χ4v) is 3.36. The zero-order valence-corrected chi connectivity index (χ0v) is 17.2. The van der Waals surface area contributed by atoms with Crippen molar-refractivity contribution in [3.05, 3.63) is 58.4 Å². The average Bonchev–Trinajstić information content (AvgIpc) is 3.14. The minimum atomic E-state index is -0.0648. The third kappa shape index (κ3) is 5.80. The van der Waals surface area contributed by atoms with E-state index >= 15 is 0 Å². The molecule has 27 heavy (non-hydrogen) atoms. The quantitative estimate of drug-likeness (QED) is 0.471. The molecule has 0 fully saturated rings. The van der Waals surface area contributed by atoms with E-state index in [1.165, 1.54) is 11.3 Å². The largest absolute Gasteiger partial charge is 0.497 e. The first kappa shape index (κ1) is 19.4. The summed E-state index contributed by atoms with van der Waals surface area (Å²) in [5.74, 6) is 1.48. The highest BCUT2D eigenvalue weighted by molar-refractivity contribution is 9.10. The molecular formula is C20H19BrN2O3S. The Morgan fingerprint density at radius 3 is 2.52 bits per heavy atom. The molecule has 3 aromatic rings. The average molecular weight is 447 g/mol. The molecule has 0 aliphatic rings. The Morgan fingerprint density at radius 2 is 1.81 bits per heavy atom. The number of thiazole rings is 1. The molecule has 5 nitrogen and oxygen atoms in total. The van der Waals surface area contributed by atoms with Crippen molar-refractivity contribution < 1.29 is 14.3 Å². The van der Waals surface area contributed by atoms with Gasteiger partial charge in [-0.1, -0.05) is 28.1 Å². The first-order chi connectivity index (χ1) is 13.1. The van der Waals surface area contributed by atoms with E-state index in [-0.39, 0.29) is 5.91 Å². The number of carbonyl (C=O) groups excluding carboxylic acids is 1. The first-order valence-corrected chi connectivity index (χ1v) is 10.1. The molecule has 0 aliphatic carbocycles. The van der Waals surface area contributed by atoms with Gasteiger partial charge in [-0.05, 0) is 42.8 Å². The highest BCUT2D eigenvalue weighted by Gasteiger charge is 2.08. The Bertz CT molecular complexity index is 879. The van der Waals surface area contributed by atoms with Crippen molar-refractivity contribution in [2.75, 3.05) is 19.0 Å². The van der Waals surface area contributed by atoms with Crippen LogP contribution in [-0.4, -0.2) is 24.6 Å². The van der Waals surface area contributed by atoms with Crippen molar-refractivity contribution in [1.82, 2.24) is 4.98 Å². The van der Waals surface area contributed by atoms with Gasteiger partial charge in [-0.15, -0.1) is 11.3 Å². The standard InChI is InChI=1S/C20H19BrN2O3S/c1-25-16-8-10-17(11-9-16)26-12-2-3-19(24)23-20-22-18(13-27-20)14-4-6-15(21)7-5-14/h4-11,13H,2-3,12H2,1H3,(H,22,23,24). The fraction of sp³-hybridized carbons (Fsp3) is 0.200. The van der Waals surface area contributed by atoms with Gasteiger partial charge in [-0.2, -0.15) is 0 Å². The number of hydrogen-bond donors (Lipinski definition) is 1. The molecule has 1 N–H and O–H groups in total. The number of ether oxygens (including phenoxy) is 2. The van der Waals surface area contributed by atoms with E-state index in [9.17, 15) is 4.79 Å². The van der Waals surface area contributed by atoms with Crippen LogP contribution < -0.4 is 14.8 Å². The van der Waals surface area contributed by atoms with Crippen molar-refractivity contribution in [3.63, 3.8) is 0 Å². The second kappa shape index (κ2) is 9.53. The Labute approximate surface area is 170 Å². The van der Waals surface area contributed by atoms with Crippen LogP contribution in [0, 0.1) is 0 Å². The highest BCUT2D eigenvalue weighted by atomic mass is 79.9. The number of nitrogens with one attached hydrogen (secondary N) is 1. The van der Waals surface area contributed by atoms with Gasteiger partial charge >= 0.3 is 0 Å². The van der Waals surface area contributed by atoms with E-state index in [0.29, 0.717) is 24.6 Å². The van der Waals surface area contributed by atoms with Crippen LogP contribution in [0.25, 0.3) is 11.3 Å². The molecule has 1 heterocycles. The summed E-state index contributed by atoms with van der Waals surface area (Å²) in [7, 11) is 1.62. The van der Waals surface area contributed by atoms with Crippen LogP contribution in [-0.2, 0) is 4.79 Å². The smallest absolute Gasteiger partial charge is 0.226 e. The van der Waals surface area contributed by atoms with Gasteiger partial charge in [0.15, 0.2) is 5.13 Å². The Hall–Kier alpha value is -2.38. The van der Waals surface area contributed by atoms with Crippen LogP contribution in [0.3, 0.4) is 0 Å². The predicted octanol–water partition coefficient (Wildman–Crippen LogP) is 5.38. The molecule has 7 heteroatoms. The molecular weight excluding hydrogens is 428 g/mol. The van der Waals surface area contributed by atoms with Crippen molar-refractivity contribution >= 4 is 38.3 Å². The van der Waals surface area contributed by atoms with E-state index in [1.54, 1.807) is 7.11 Å². The number of carbonyl (C=O) groups is 1. The number of benzene rings is 2. The number of rotatable bonds is 8. The topological polar surface area (TPSA) is 60.5 Å². The van der Waals surface area contributed by atoms with Gasteiger partial charge in [-0.3, -0.25) is 4.79 Å². The number of nitrogens with zero attached hydrogens (tertiary/aromatic N) is 1. The maximum Gasteiger partial charge on any atom is 0.226 e. The van der Waals surface area contributed by atoms with Crippen LogP contribution in [0.15, 0.2) is 58.4 Å². The molecule has 0 unspecified atom stereocenters. The molecule has 2 aromatic carbocycles. The van der Waals surface area contributed by atoms with E-state index < -0.39 is 0 Å². The zero-order valence-electron chi connectivity index (χ0n) is 14.8. The predicted molar refractivity (Wildman–Crippen MR) is 112 cm³/mol. The third-order valence-corrected chi connectivity index (χ3v) is 5.05. The Balaban J connectivity index is 1.42. The lowest BCUT2D eigenvalue weighted by atomic mass is 10.2. The number of aromatic nitrogens is 1. The molecule has 0 bridgehead atoms. The molecule has 0 saturated heterocycles. The summed E-state index contributed by atoms with van der Waals surface area (Å²) in [6, 6.07) is 15.3. The van der Waals surface area contributed by atoms with E-state index in [0.717, 1.165) is 27.2 Å². The number of amides is 1. The van der Waals surface area contributed by atoms with Gasteiger partial charge < -0.3 is 14.8 Å². The van der Waals surface area contributed by atoms with Gasteiger partial charge in [-0.25, -0.2) is 4.98 Å². The Morgan fingerprint density at radius 1 is 1.11 bits per heavy atom. The normalized spacial score (nSPS) is 10.4. The second-order valence-electron chi connectivity index (χ2n) is 5.72. The monoisotopic (exact) mass is 446 g/mol. The lowest BCUT2D eigenvalue weighted by Gasteiger charge is -2.07. The van der Waals surface area contributed by atoms with Crippen LogP contribution in [0.4, 0.5) is 5.13 Å². The van der Waals surface area contributed by atoms with Gasteiger partial charge in [0.25, 0.3) is 0 Å². The molecule has 140 valence electrons. The summed E-state index contributed by atoms with van der Waals surface area (Å²) < 4.78 is 11.7. The molecule has 3 rings (SSSR count). The van der Waals surface area contributed by atoms with Crippen LogP contribution in [0.2, 0.25) is 0 Å². The summed E-state index contributed by atoms with van der Waals surface area (Å²) >= 11 is 4.84. The third-order valence-electron chi connectivity index (χ3n) is 3.77. The first-order valence-electron chi connectivity index (χ1n) is 8.42. The molecule has 0 spiro atoms. The molecule has 0 radical (unpaired) electrons. The number of halogens is 1. The van der Waals surface area contributed by atoms with E-state index in [4.69, 9.17) is 9.47 Å². The minimum Gasteiger partial charge on any atom is -0.497 e. The highest BCUT2D eigenvalue weighted by Crippen LogP contribution is 2.26. The van der Waals surface area contributed by atoms with Gasteiger partial charge in [0.1, 0.15) is 11.5 Å². The van der Waals surface area contributed by atoms with E-state index in [2.05, 4.69) is 26.2 Å². The SMILES string of the molecule is COc1ccc(OCCCC(=O)Nc2nc(-c3ccc(Br)cc3)cs2)cc1. The van der Waals surface area contributed by atoms with Crippen molar-refractivity contribution in [3.8, 4) is 22.8 Å². The fourth-order valence-electron chi connectivity index (χ4n) is 2.36. The molecule has 0 atom stereocenters. The Kier molecular flexibility index (Phi) is 6.84. The van der Waals surface area contributed by atoms with Crippen molar-refractivity contribution in [1.29, 1.82) is 0 Å². The maximum atomic E-state index is 12.1. The molecule has 0 aliphatic heterocycles. The van der Waals surface area contributed by atoms with Crippen LogP contribution in [0.5, 0.6) is 11.5 Å². The second-order valence-corrected chi connectivity index (χ2v) is 7.49. The number of hydrogen-bond acceptors (Lipinski definition) is 5. The van der Waals surface area contributed by atoms with Gasteiger partial charge in [0, 0.05) is 21.8 Å². The van der Waals surface area contributed by atoms with E-state index in [1.807, 2.05) is 53.9 Å². The lowest BCUT2D eigenvalue weighted by Crippen LogP contribution is -2.12. The summed E-state index contributed by atoms with van der Waals surface area (Å²) in [6.45, 7) is 0.474. The number of methoxy groups -OCH3 is 1. The van der Waals surface area contributed by atoms with Crippen molar-refractivity contribution in [2.45, 2.75) is 12.8 Å². The summed E-state index contributed by atoms with van der Waals surface area (Å²) in [5.41, 5.74) is 1.87. The zero-order chi connectivity index (χ0) is 19.1. The van der Waals surface area contributed by atoms with Gasteiger partial charge in [0.05, 0.1) is 19.4 Å². The number of anilines is 1. The van der Waals surface area contributed by atoms with Gasteiger partial charge in [0.2, 0.25) is 5.91 Å². The molecule has 0 saturated carbocycles. The van der Waals surface area contributed by atoms with Crippen LogP contribution >= 0.6 is 27.3 Å². The van der Waals surface area contributed by atoms with Crippen LogP contribution in [0.1, 0.15) is 12.8 Å². The lowest BCUT2D eigenvalue weighted by molar-refractivity contribution is -0.116. The van der Waals surface area contributed by atoms with Crippen molar-refractivity contribution in [2.24, 2.45) is 0 Å². The molecule has 1 aromatic heterocycles. The molecule has 1 amide bonds. The summed E-state index contributed by atoms with van der Waals surface area (Å²) in [6.07, 6.45) is 1.01. The minimum absolute atomic E-state index is 0.0648. The summed E-state index contributed by atoms with van der Waals surface area (Å²) in [5, 5.41) is 5.39. The summed E-state index contributed by atoms with van der Waals surface area (Å²) in [4.78, 5) is 16.5.